The highest BCUT2D eigenvalue weighted by atomic mass is 32.1. The molecule has 0 nitrogen and oxygen atoms in total. The average Bonchev–Trinajstić information content (AvgIpc) is 2.12. The first-order chi connectivity index (χ1) is 3.80. The Morgan fingerprint density at radius 3 is 2.50 bits per heavy atom. The third kappa shape index (κ3) is 1.10. The average molecular weight is 126 g/mol. The maximum atomic E-state index is 2.21. The molecule has 0 aliphatic carbocycles. The van der Waals surface area contributed by atoms with Crippen LogP contribution in [0.1, 0.15) is 25.3 Å². The predicted octanol–water partition coefficient (Wildman–Crippen LogP) is 2.87. The zero-order chi connectivity index (χ0) is 5.98. The van der Waals surface area contributed by atoms with Gasteiger partial charge in [-0.2, -0.15) is 11.3 Å². The zero-order valence-corrected chi connectivity index (χ0v) is 6.03. The van der Waals surface area contributed by atoms with Crippen LogP contribution in [0, 0.1) is 0 Å². The normalized spacial score (nSPS) is 10.4. The summed E-state index contributed by atoms with van der Waals surface area (Å²) >= 11 is 1.77. The van der Waals surface area contributed by atoms with Crippen molar-refractivity contribution in [3.8, 4) is 0 Å². The Bertz CT molecular complexity index is 139. The van der Waals surface area contributed by atoms with E-state index in [-0.39, 0.29) is 0 Å². The SMILES string of the molecule is CC(C)c1ccsc1. The minimum atomic E-state index is 0.696. The lowest BCUT2D eigenvalue weighted by molar-refractivity contribution is 0.872. The predicted molar refractivity (Wildman–Crippen MR) is 38.4 cm³/mol. The monoisotopic (exact) mass is 126 g/mol. The Hall–Kier alpha value is -0.300. The van der Waals surface area contributed by atoms with E-state index in [9.17, 15) is 0 Å². The summed E-state index contributed by atoms with van der Waals surface area (Å²) in [6.45, 7) is 4.42. The Morgan fingerprint density at radius 1 is 1.50 bits per heavy atom. The molecule has 0 aliphatic rings. The molecule has 0 radical (unpaired) electrons. The second-order valence-electron chi connectivity index (χ2n) is 2.21. The van der Waals surface area contributed by atoms with Crippen LogP contribution < -0.4 is 0 Å². The molecular weight excluding hydrogens is 116 g/mol. The van der Waals surface area contributed by atoms with Crippen LogP contribution in [0.5, 0.6) is 0 Å². The van der Waals surface area contributed by atoms with E-state index in [1.54, 1.807) is 11.3 Å². The topological polar surface area (TPSA) is 0 Å². The molecule has 0 amide bonds. The van der Waals surface area contributed by atoms with Gasteiger partial charge in [0, 0.05) is 0 Å². The quantitative estimate of drug-likeness (QED) is 0.542. The molecule has 8 heavy (non-hydrogen) atoms. The van der Waals surface area contributed by atoms with Crippen LogP contribution >= 0.6 is 11.3 Å². The molecule has 0 unspecified atom stereocenters. The lowest BCUT2D eigenvalue weighted by Crippen LogP contribution is -1.79. The van der Waals surface area contributed by atoms with Crippen LogP contribution in [0.3, 0.4) is 0 Å². The molecule has 1 aromatic heterocycles. The second-order valence-corrected chi connectivity index (χ2v) is 2.99. The maximum absolute atomic E-state index is 2.21. The van der Waals surface area contributed by atoms with Crippen molar-refractivity contribution >= 4 is 11.3 Å². The molecule has 0 aliphatic heterocycles. The summed E-state index contributed by atoms with van der Waals surface area (Å²) < 4.78 is 0. The van der Waals surface area contributed by atoms with E-state index >= 15 is 0 Å². The summed E-state index contributed by atoms with van der Waals surface area (Å²) in [4.78, 5) is 0. The van der Waals surface area contributed by atoms with Gasteiger partial charge in [-0.1, -0.05) is 13.8 Å². The summed E-state index contributed by atoms with van der Waals surface area (Å²) in [5.41, 5.74) is 1.45. The molecule has 0 fully saturated rings. The van der Waals surface area contributed by atoms with Crippen molar-refractivity contribution < 1.29 is 0 Å². The lowest BCUT2D eigenvalue weighted by Gasteiger charge is -1.96. The summed E-state index contributed by atoms with van der Waals surface area (Å²) in [5.74, 6) is 0.696. The smallest absolute Gasteiger partial charge is 0.00586 e. The Balaban J connectivity index is 2.77. The van der Waals surface area contributed by atoms with Crippen LogP contribution in [-0.4, -0.2) is 0 Å². The fourth-order valence-corrected chi connectivity index (χ4v) is 1.43. The lowest BCUT2D eigenvalue weighted by atomic mass is 10.1. The highest BCUT2D eigenvalue weighted by Crippen LogP contribution is 2.16. The van der Waals surface area contributed by atoms with Gasteiger partial charge in [-0.05, 0) is 28.3 Å². The highest BCUT2D eigenvalue weighted by molar-refractivity contribution is 7.07. The van der Waals surface area contributed by atoms with Gasteiger partial charge in [0.2, 0.25) is 0 Å². The van der Waals surface area contributed by atoms with E-state index < -0.39 is 0 Å². The number of thiophene rings is 1. The van der Waals surface area contributed by atoms with Gasteiger partial charge in [-0.3, -0.25) is 0 Å². The fourth-order valence-electron chi connectivity index (χ4n) is 0.604. The van der Waals surface area contributed by atoms with Crippen molar-refractivity contribution in [3.63, 3.8) is 0 Å². The summed E-state index contributed by atoms with van der Waals surface area (Å²) in [7, 11) is 0. The molecule has 0 spiro atoms. The van der Waals surface area contributed by atoms with Gasteiger partial charge >= 0.3 is 0 Å². The maximum Gasteiger partial charge on any atom is -0.00586 e. The fraction of sp³-hybridized carbons (Fsp3) is 0.429. The van der Waals surface area contributed by atoms with Gasteiger partial charge < -0.3 is 0 Å². The first-order valence-corrected chi connectivity index (χ1v) is 3.77. The number of rotatable bonds is 1. The molecule has 0 saturated carbocycles. The van der Waals surface area contributed by atoms with Crippen LogP contribution in [0.25, 0.3) is 0 Å². The number of hydrogen-bond acceptors (Lipinski definition) is 1. The summed E-state index contributed by atoms with van der Waals surface area (Å²) in [6, 6.07) is 2.18. The Kier molecular flexibility index (Phi) is 1.69. The van der Waals surface area contributed by atoms with Gasteiger partial charge in [0.25, 0.3) is 0 Å². The van der Waals surface area contributed by atoms with E-state index in [1.165, 1.54) is 5.56 Å². The third-order valence-electron chi connectivity index (χ3n) is 1.21. The van der Waals surface area contributed by atoms with Gasteiger partial charge in [0.05, 0.1) is 0 Å². The molecule has 1 heterocycles. The minimum absolute atomic E-state index is 0.696. The van der Waals surface area contributed by atoms with Crippen molar-refractivity contribution in [1.29, 1.82) is 0 Å². The third-order valence-corrected chi connectivity index (χ3v) is 1.91. The van der Waals surface area contributed by atoms with E-state index in [0.29, 0.717) is 5.92 Å². The largest absolute Gasteiger partial charge is 0.152 e. The van der Waals surface area contributed by atoms with Crippen molar-refractivity contribution in [3.05, 3.63) is 22.4 Å². The Labute approximate surface area is 54.2 Å². The van der Waals surface area contributed by atoms with E-state index in [1.807, 2.05) is 0 Å². The molecule has 1 aromatic rings. The zero-order valence-electron chi connectivity index (χ0n) is 5.22. The molecule has 44 valence electrons. The Morgan fingerprint density at radius 2 is 2.25 bits per heavy atom. The van der Waals surface area contributed by atoms with Gasteiger partial charge in [0.1, 0.15) is 0 Å². The van der Waals surface area contributed by atoms with Crippen LogP contribution in [-0.2, 0) is 0 Å². The molecular formula is C7H10S. The summed E-state index contributed by atoms with van der Waals surface area (Å²) in [5, 5.41) is 4.32. The first-order valence-electron chi connectivity index (χ1n) is 2.83. The number of hydrogen-bond donors (Lipinski definition) is 0. The molecule has 0 atom stereocenters. The van der Waals surface area contributed by atoms with Gasteiger partial charge in [-0.15, -0.1) is 0 Å². The highest BCUT2D eigenvalue weighted by Gasteiger charge is 1.95. The van der Waals surface area contributed by atoms with Crippen LogP contribution in [0.2, 0.25) is 0 Å². The molecule has 1 heteroatoms. The van der Waals surface area contributed by atoms with Crippen molar-refractivity contribution in [2.75, 3.05) is 0 Å². The molecule has 1 rings (SSSR count). The van der Waals surface area contributed by atoms with E-state index in [4.69, 9.17) is 0 Å². The van der Waals surface area contributed by atoms with E-state index in [0.717, 1.165) is 0 Å². The standard InChI is InChI=1S/C7H10S/c1-6(2)7-3-4-8-5-7/h3-6H,1-2H3. The van der Waals surface area contributed by atoms with Gasteiger partial charge in [0.15, 0.2) is 0 Å². The first kappa shape index (κ1) is 5.83. The van der Waals surface area contributed by atoms with Crippen LogP contribution in [0.15, 0.2) is 16.8 Å². The summed E-state index contributed by atoms with van der Waals surface area (Å²) in [6.07, 6.45) is 0. The van der Waals surface area contributed by atoms with Gasteiger partial charge in [-0.25, -0.2) is 0 Å². The molecule has 0 saturated heterocycles. The minimum Gasteiger partial charge on any atom is -0.152 e. The van der Waals surface area contributed by atoms with Crippen molar-refractivity contribution in [1.82, 2.24) is 0 Å². The van der Waals surface area contributed by atoms with Crippen molar-refractivity contribution in [2.24, 2.45) is 0 Å². The molecule has 0 bridgehead atoms. The van der Waals surface area contributed by atoms with E-state index in [2.05, 4.69) is 30.7 Å². The second kappa shape index (κ2) is 2.31. The molecule has 0 N–H and O–H groups in total. The molecule has 0 aromatic carbocycles. The van der Waals surface area contributed by atoms with Crippen molar-refractivity contribution in [2.45, 2.75) is 19.8 Å². The van der Waals surface area contributed by atoms with Crippen LogP contribution in [0.4, 0.5) is 0 Å².